The molecule has 0 aliphatic carbocycles. The molecule has 2 aromatic rings. The Labute approximate surface area is 138 Å². The molecule has 1 atom stereocenters. The maximum Gasteiger partial charge on any atom is 0.267 e. The molecule has 0 bridgehead atoms. The third kappa shape index (κ3) is 3.14. The highest BCUT2D eigenvalue weighted by atomic mass is 35.5. The number of aromatic nitrogens is 2. The summed E-state index contributed by atoms with van der Waals surface area (Å²) in [6, 6.07) is 7.55. The topological polar surface area (TPSA) is 55.3 Å². The van der Waals surface area contributed by atoms with Crippen molar-refractivity contribution in [3.05, 3.63) is 45.4 Å². The molecule has 7 heteroatoms. The third-order valence-corrected chi connectivity index (χ3v) is 4.69. The van der Waals surface area contributed by atoms with Crippen LogP contribution in [0.1, 0.15) is 34.0 Å². The lowest BCUT2D eigenvalue weighted by Gasteiger charge is -2.33. The predicted molar refractivity (Wildman–Crippen MR) is 85.3 cm³/mol. The van der Waals surface area contributed by atoms with E-state index in [0.717, 1.165) is 22.8 Å². The number of ether oxygens (including phenoxy) is 1. The Morgan fingerprint density at radius 3 is 2.95 bits per heavy atom. The molecule has 0 radical (unpaired) electrons. The Balaban J connectivity index is 1.75. The van der Waals surface area contributed by atoms with Crippen LogP contribution in [0.5, 0.6) is 0 Å². The van der Waals surface area contributed by atoms with Gasteiger partial charge in [0.1, 0.15) is 11.0 Å². The fourth-order valence-corrected chi connectivity index (χ4v) is 3.30. The first-order chi connectivity index (χ1) is 10.7. The summed E-state index contributed by atoms with van der Waals surface area (Å²) in [5.74, 6) is -0.00545. The quantitative estimate of drug-likeness (QED) is 0.864. The molecule has 1 unspecified atom stereocenters. The van der Waals surface area contributed by atoms with Crippen molar-refractivity contribution < 1.29 is 9.53 Å². The minimum absolute atomic E-state index is 0.00545. The molecule has 2 heterocycles. The zero-order valence-electron chi connectivity index (χ0n) is 12.2. The number of carbonyl (C=O) groups excluding carboxylic acids is 1. The van der Waals surface area contributed by atoms with E-state index in [2.05, 4.69) is 9.59 Å². The normalized spacial score (nSPS) is 18.5. The fraction of sp³-hybridized carbons (Fsp3) is 0.400. The number of halogens is 1. The van der Waals surface area contributed by atoms with Gasteiger partial charge in [-0.25, -0.2) is 0 Å². The second-order valence-corrected chi connectivity index (χ2v) is 6.26. The molecule has 1 aromatic carbocycles. The molecule has 22 heavy (non-hydrogen) atoms. The largest absolute Gasteiger partial charge is 0.370 e. The number of morpholine rings is 1. The van der Waals surface area contributed by atoms with Gasteiger partial charge in [0.2, 0.25) is 0 Å². The van der Waals surface area contributed by atoms with Crippen LogP contribution in [0, 0.1) is 0 Å². The molecule has 0 saturated carbocycles. The molecule has 1 aliphatic heterocycles. The molecule has 1 saturated heterocycles. The van der Waals surface area contributed by atoms with Gasteiger partial charge in [-0.15, -0.1) is 5.10 Å². The van der Waals surface area contributed by atoms with E-state index in [-0.39, 0.29) is 12.0 Å². The summed E-state index contributed by atoms with van der Waals surface area (Å²) in [5, 5.41) is 4.70. The molecular weight excluding hydrogens is 322 g/mol. The van der Waals surface area contributed by atoms with E-state index in [1.54, 1.807) is 0 Å². The highest BCUT2D eigenvalue weighted by Crippen LogP contribution is 2.25. The molecule has 1 aliphatic rings. The van der Waals surface area contributed by atoms with Gasteiger partial charge in [-0.3, -0.25) is 4.79 Å². The van der Waals surface area contributed by atoms with E-state index in [4.69, 9.17) is 16.3 Å². The van der Waals surface area contributed by atoms with Crippen molar-refractivity contribution in [3.8, 4) is 0 Å². The number of hydrogen-bond acceptors (Lipinski definition) is 5. The molecule has 1 aromatic heterocycles. The monoisotopic (exact) mass is 337 g/mol. The van der Waals surface area contributed by atoms with Crippen molar-refractivity contribution in [3.63, 3.8) is 0 Å². The van der Waals surface area contributed by atoms with Crippen molar-refractivity contribution in [1.29, 1.82) is 0 Å². The minimum Gasteiger partial charge on any atom is -0.370 e. The van der Waals surface area contributed by atoms with Crippen LogP contribution in [0.15, 0.2) is 24.3 Å². The van der Waals surface area contributed by atoms with Crippen molar-refractivity contribution in [1.82, 2.24) is 14.5 Å². The first-order valence-electron chi connectivity index (χ1n) is 7.16. The standard InChI is InChI=1S/C15H16ClN3O2S/c1-2-12-14(22-18-17-12)15(20)19-7-8-21-13(9-19)10-3-5-11(16)6-4-10/h3-6,13H,2,7-9H2,1H3. The Kier molecular flexibility index (Phi) is 4.71. The number of amides is 1. The summed E-state index contributed by atoms with van der Waals surface area (Å²) in [4.78, 5) is 15.1. The second-order valence-electron chi connectivity index (χ2n) is 5.06. The van der Waals surface area contributed by atoms with Crippen molar-refractivity contribution in [2.75, 3.05) is 19.7 Å². The van der Waals surface area contributed by atoms with E-state index in [1.165, 1.54) is 0 Å². The van der Waals surface area contributed by atoms with Gasteiger partial charge in [0.15, 0.2) is 0 Å². The molecule has 1 fully saturated rings. The summed E-state index contributed by atoms with van der Waals surface area (Å²) >= 11 is 7.08. The minimum atomic E-state index is -0.124. The molecule has 0 spiro atoms. The molecule has 116 valence electrons. The summed E-state index contributed by atoms with van der Waals surface area (Å²) in [5.41, 5.74) is 1.80. The van der Waals surface area contributed by atoms with Crippen molar-refractivity contribution >= 4 is 29.0 Å². The summed E-state index contributed by atoms with van der Waals surface area (Å²) in [6.45, 7) is 3.61. The van der Waals surface area contributed by atoms with E-state index < -0.39 is 0 Å². The lowest BCUT2D eigenvalue weighted by Crippen LogP contribution is -2.42. The smallest absolute Gasteiger partial charge is 0.267 e. The Morgan fingerprint density at radius 1 is 1.45 bits per heavy atom. The number of carbonyl (C=O) groups is 1. The number of aryl methyl sites for hydroxylation is 1. The van der Waals surface area contributed by atoms with Gasteiger partial charge in [-0.1, -0.05) is 35.1 Å². The molecule has 0 N–H and O–H groups in total. The van der Waals surface area contributed by atoms with Crippen LogP contribution in [-0.4, -0.2) is 40.1 Å². The summed E-state index contributed by atoms with van der Waals surface area (Å²) in [6.07, 6.45) is 0.587. The van der Waals surface area contributed by atoms with Gasteiger partial charge in [0.25, 0.3) is 5.91 Å². The highest BCUT2D eigenvalue weighted by Gasteiger charge is 2.28. The fourth-order valence-electron chi connectivity index (χ4n) is 2.46. The van der Waals surface area contributed by atoms with Crippen LogP contribution < -0.4 is 0 Å². The van der Waals surface area contributed by atoms with Crippen LogP contribution in [0.2, 0.25) is 5.02 Å². The van der Waals surface area contributed by atoms with Gasteiger partial charge in [0, 0.05) is 11.6 Å². The number of rotatable bonds is 3. The molecule has 5 nitrogen and oxygen atoms in total. The second kappa shape index (κ2) is 6.73. The average Bonchev–Trinajstić information content (AvgIpc) is 3.03. The molecule has 3 rings (SSSR count). The summed E-state index contributed by atoms with van der Waals surface area (Å²) in [7, 11) is 0. The van der Waals surface area contributed by atoms with Crippen molar-refractivity contribution in [2.24, 2.45) is 0 Å². The van der Waals surface area contributed by atoms with Gasteiger partial charge in [0.05, 0.1) is 18.8 Å². The maximum absolute atomic E-state index is 12.7. The van der Waals surface area contributed by atoms with Crippen LogP contribution in [0.3, 0.4) is 0 Å². The van der Waals surface area contributed by atoms with Gasteiger partial charge in [-0.2, -0.15) is 0 Å². The number of benzene rings is 1. The van der Waals surface area contributed by atoms with Gasteiger partial charge < -0.3 is 9.64 Å². The molecular formula is C15H16ClN3O2S. The SMILES string of the molecule is CCc1nnsc1C(=O)N1CCOC(c2ccc(Cl)cc2)C1. The van der Waals surface area contributed by atoms with E-state index in [1.807, 2.05) is 36.1 Å². The zero-order valence-corrected chi connectivity index (χ0v) is 13.7. The van der Waals surface area contributed by atoms with Crippen LogP contribution >= 0.6 is 23.1 Å². The van der Waals surface area contributed by atoms with E-state index in [0.29, 0.717) is 36.0 Å². The van der Waals surface area contributed by atoms with Crippen LogP contribution in [-0.2, 0) is 11.2 Å². The van der Waals surface area contributed by atoms with Crippen LogP contribution in [0.4, 0.5) is 0 Å². The number of nitrogens with zero attached hydrogens (tertiary/aromatic N) is 3. The van der Waals surface area contributed by atoms with Gasteiger partial charge in [-0.05, 0) is 35.6 Å². The third-order valence-electron chi connectivity index (χ3n) is 3.68. The van der Waals surface area contributed by atoms with E-state index in [9.17, 15) is 4.79 Å². The highest BCUT2D eigenvalue weighted by molar-refractivity contribution is 7.08. The Morgan fingerprint density at radius 2 is 2.23 bits per heavy atom. The lowest BCUT2D eigenvalue weighted by molar-refractivity contribution is -0.0227. The van der Waals surface area contributed by atoms with Crippen LogP contribution in [0.25, 0.3) is 0 Å². The zero-order chi connectivity index (χ0) is 15.5. The van der Waals surface area contributed by atoms with E-state index >= 15 is 0 Å². The number of hydrogen-bond donors (Lipinski definition) is 0. The van der Waals surface area contributed by atoms with Gasteiger partial charge >= 0.3 is 0 Å². The summed E-state index contributed by atoms with van der Waals surface area (Å²) < 4.78 is 9.69. The first kappa shape index (κ1) is 15.4. The first-order valence-corrected chi connectivity index (χ1v) is 8.31. The maximum atomic E-state index is 12.7. The Hall–Kier alpha value is -1.50. The average molecular weight is 338 g/mol. The predicted octanol–water partition coefficient (Wildman–Crippen LogP) is 2.97. The Bertz CT molecular complexity index is 659. The van der Waals surface area contributed by atoms with Crippen molar-refractivity contribution in [2.45, 2.75) is 19.4 Å². The molecule has 1 amide bonds. The lowest BCUT2D eigenvalue weighted by atomic mass is 10.1.